The fraction of sp³-hybridized carbons (Fsp3) is 0.467. The predicted molar refractivity (Wildman–Crippen MR) is 83.0 cm³/mol. The minimum atomic E-state index is 0.705. The van der Waals surface area contributed by atoms with Gasteiger partial charge in [0.05, 0.1) is 5.52 Å². The molecule has 2 aromatic heterocycles. The summed E-state index contributed by atoms with van der Waals surface area (Å²) >= 11 is 3.41. The van der Waals surface area contributed by atoms with Gasteiger partial charge in [0.25, 0.3) is 0 Å². The molecule has 0 N–H and O–H groups in total. The van der Waals surface area contributed by atoms with Gasteiger partial charge in [0.2, 0.25) is 0 Å². The molecule has 20 heavy (non-hydrogen) atoms. The van der Waals surface area contributed by atoms with E-state index in [1.165, 1.54) is 32.4 Å². The Hall–Kier alpha value is -1.20. The molecule has 0 atom stereocenters. The Morgan fingerprint density at radius 2 is 2.05 bits per heavy atom. The van der Waals surface area contributed by atoms with Gasteiger partial charge >= 0.3 is 0 Å². The van der Waals surface area contributed by atoms with Crippen LogP contribution in [0.4, 0.5) is 0 Å². The zero-order valence-electron chi connectivity index (χ0n) is 11.4. The van der Waals surface area contributed by atoms with Crippen molar-refractivity contribution in [1.82, 2.24) is 14.9 Å². The van der Waals surface area contributed by atoms with Gasteiger partial charge in [-0.25, -0.2) is 4.98 Å². The number of hydrogen-bond acceptors (Lipinski definition) is 4. The second-order valence-electron chi connectivity index (χ2n) is 5.08. The lowest BCUT2D eigenvalue weighted by molar-refractivity contribution is 0.184. The number of ether oxygens (including phenoxy) is 1. The van der Waals surface area contributed by atoms with Crippen molar-refractivity contribution in [2.24, 2.45) is 0 Å². The van der Waals surface area contributed by atoms with Crippen LogP contribution in [-0.2, 0) is 0 Å². The van der Waals surface area contributed by atoms with Crippen LogP contribution >= 0.6 is 15.9 Å². The molecule has 3 heterocycles. The van der Waals surface area contributed by atoms with Crippen LogP contribution in [0.2, 0.25) is 0 Å². The first-order valence-corrected chi connectivity index (χ1v) is 7.88. The van der Waals surface area contributed by atoms with Crippen LogP contribution in [-0.4, -0.2) is 41.1 Å². The maximum atomic E-state index is 5.90. The zero-order chi connectivity index (χ0) is 13.8. The standard InChI is InChI=1S/C15H18BrN3O/c16-12-10-13-15(18-11-12)14(4-5-17-13)20-9-8-19-6-2-1-3-7-19/h4-5,10-11H,1-3,6-9H2. The molecular weight excluding hydrogens is 318 g/mol. The lowest BCUT2D eigenvalue weighted by Crippen LogP contribution is -2.33. The SMILES string of the molecule is Brc1cnc2c(OCCN3CCCCC3)ccnc2c1. The maximum Gasteiger partial charge on any atom is 0.148 e. The molecule has 0 aromatic carbocycles. The predicted octanol–water partition coefficient (Wildman–Crippen LogP) is 3.26. The topological polar surface area (TPSA) is 38.2 Å². The Morgan fingerprint density at radius 3 is 2.90 bits per heavy atom. The second kappa shape index (κ2) is 6.50. The molecule has 0 radical (unpaired) electrons. The van der Waals surface area contributed by atoms with E-state index in [1.807, 2.05) is 12.1 Å². The minimum absolute atomic E-state index is 0.705. The summed E-state index contributed by atoms with van der Waals surface area (Å²) in [5.74, 6) is 0.819. The number of likely N-dealkylation sites (tertiary alicyclic amines) is 1. The third-order valence-electron chi connectivity index (χ3n) is 3.62. The number of rotatable bonds is 4. The van der Waals surface area contributed by atoms with Crippen LogP contribution in [0.15, 0.2) is 29.0 Å². The second-order valence-corrected chi connectivity index (χ2v) is 6.00. The summed E-state index contributed by atoms with van der Waals surface area (Å²) in [5.41, 5.74) is 1.68. The monoisotopic (exact) mass is 335 g/mol. The van der Waals surface area contributed by atoms with Crippen molar-refractivity contribution in [3.8, 4) is 5.75 Å². The van der Waals surface area contributed by atoms with Crippen LogP contribution in [0.5, 0.6) is 5.75 Å². The average Bonchev–Trinajstić information content (AvgIpc) is 2.48. The van der Waals surface area contributed by atoms with E-state index in [1.54, 1.807) is 12.4 Å². The van der Waals surface area contributed by atoms with Gasteiger partial charge in [-0.05, 0) is 47.9 Å². The summed E-state index contributed by atoms with van der Waals surface area (Å²) in [4.78, 5) is 11.2. The molecule has 5 heteroatoms. The summed E-state index contributed by atoms with van der Waals surface area (Å²) < 4.78 is 6.84. The Labute approximate surface area is 127 Å². The van der Waals surface area contributed by atoms with Crippen LogP contribution < -0.4 is 4.74 Å². The van der Waals surface area contributed by atoms with E-state index in [2.05, 4.69) is 30.8 Å². The highest BCUT2D eigenvalue weighted by Gasteiger charge is 2.10. The molecule has 4 nitrogen and oxygen atoms in total. The van der Waals surface area contributed by atoms with Crippen molar-refractivity contribution < 1.29 is 4.74 Å². The van der Waals surface area contributed by atoms with E-state index in [4.69, 9.17) is 4.74 Å². The first kappa shape index (κ1) is 13.8. The highest BCUT2D eigenvalue weighted by Crippen LogP contribution is 2.23. The molecule has 0 bridgehead atoms. The van der Waals surface area contributed by atoms with Crippen LogP contribution in [0.1, 0.15) is 19.3 Å². The van der Waals surface area contributed by atoms with Gasteiger partial charge in [-0.2, -0.15) is 0 Å². The summed E-state index contributed by atoms with van der Waals surface area (Å²) in [5, 5.41) is 0. The van der Waals surface area contributed by atoms with Crippen molar-refractivity contribution >= 4 is 27.0 Å². The highest BCUT2D eigenvalue weighted by atomic mass is 79.9. The Bertz CT molecular complexity index is 584. The molecule has 0 unspecified atom stereocenters. The molecule has 106 valence electrons. The van der Waals surface area contributed by atoms with Crippen molar-refractivity contribution in [2.75, 3.05) is 26.2 Å². The van der Waals surface area contributed by atoms with Crippen molar-refractivity contribution in [2.45, 2.75) is 19.3 Å². The minimum Gasteiger partial charge on any atom is -0.490 e. The molecule has 1 aliphatic heterocycles. The van der Waals surface area contributed by atoms with E-state index in [-0.39, 0.29) is 0 Å². The summed E-state index contributed by atoms with van der Waals surface area (Å²) in [6.07, 6.45) is 7.54. The van der Waals surface area contributed by atoms with Gasteiger partial charge in [0, 0.05) is 29.5 Å². The third kappa shape index (κ3) is 3.27. The smallest absolute Gasteiger partial charge is 0.148 e. The molecule has 0 aliphatic carbocycles. The van der Waals surface area contributed by atoms with Gasteiger partial charge in [-0.15, -0.1) is 0 Å². The summed E-state index contributed by atoms with van der Waals surface area (Å²) in [6.45, 7) is 4.09. The largest absolute Gasteiger partial charge is 0.490 e. The molecule has 0 spiro atoms. The number of halogens is 1. The fourth-order valence-corrected chi connectivity index (χ4v) is 2.88. The van der Waals surface area contributed by atoms with Gasteiger partial charge in [0.1, 0.15) is 17.9 Å². The number of piperidine rings is 1. The average molecular weight is 336 g/mol. The zero-order valence-corrected chi connectivity index (χ0v) is 13.0. The van der Waals surface area contributed by atoms with Crippen molar-refractivity contribution in [3.05, 3.63) is 29.0 Å². The van der Waals surface area contributed by atoms with E-state index in [9.17, 15) is 0 Å². The number of nitrogens with zero attached hydrogens (tertiary/aromatic N) is 3. The molecule has 1 fully saturated rings. The van der Waals surface area contributed by atoms with Gasteiger partial charge in [0.15, 0.2) is 0 Å². The number of pyridine rings is 2. The first-order valence-electron chi connectivity index (χ1n) is 7.08. The highest BCUT2D eigenvalue weighted by molar-refractivity contribution is 9.10. The normalized spacial score (nSPS) is 16.4. The first-order chi connectivity index (χ1) is 9.83. The van der Waals surface area contributed by atoms with E-state index in [0.29, 0.717) is 6.61 Å². The fourth-order valence-electron chi connectivity index (χ4n) is 2.57. The molecule has 1 saturated heterocycles. The maximum absolute atomic E-state index is 5.90. The molecule has 0 amide bonds. The number of hydrogen-bond donors (Lipinski definition) is 0. The molecule has 2 aromatic rings. The lowest BCUT2D eigenvalue weighted by atomic mass is 10.1. The lowest BCUT2D eigenvalue weighted by Gasteiger charge is -2.26. The van der Waals surface area contributed by atoms with Crippen LogP contribution in [0.25, 0.3) is 11.0 Å². The summed E-state index contributed by atoms with van der Waals surface area (Å²) in [7, 11) is 0. The molecule has 0 saturated carbocycles. The molecular formula is C15H18BrN3O. The third-order valence-corrected chi connectivity index (χ3v) is 4.05. The Morgan fingerprint density at radius 1 is 1.20 bits per heavy atom. The molecule has 1 aliphatic rings. The number of aromatic nitrogens is 2. The van der Waals surface area contributed by atoms with Gasteiger partial charge in [-0.1, -0.05) is 6.42 Å². The van der Waals surface area contributed by atoms with E-state index < -0.39 is 0 Å². The van der Waals surface area contributed by atoms with Crippen LogP contribution in [0, 0.1) is 0 Å². The summed E-state index contributed by atoms with van der Waals surface area (Å²) in [6, 6.07) is 3.85. The van der Waals surface area contributed by atoms with Gasteiger partial charge < -0.3 is 4.74 Å². The molecule has 3 rings (SSSR count). The van der Waals surface area contributed by atoms with E-state index in [0.717, 1.165) is 27.8 Å². The van der Waals surface area contributed by atoms with Crippen LogP contribution in [0.3, 0.4) is 0 Å². The Balaban J connectivity index is 1.65. The van der Waals surface area contributed by atoms with Crippen molar-refractivity contribution in [3.63, 3.8) is 0 Å². The quantitative estimate of drug-likeness (QED) is 0.859. The van der Waals surface area contributed by atoms with Crippen molar-refractivity contribution in [1.29, 1.82) is 0 Å². The number of fused-ring (bicyclic) bond motifs is 1. The van der Waals surface area contributed by atoms with Gasteiger partial charge in [-0.3, -0.25) is 9.88 Å². The van der Waals surface area contributed by atoms with E-state index >= 15 is 0 Å². The Kier molecular flexibility index (Phi) is 4.47.